The van der Waals surface area contributed by atoms with Crippen LogP contribution < -0.4 is 5.73 Å². The van der Waals surface area contributed by atoms with Crippen molar-refractivity contribution in [2.45, 2.75) is 44.1 Å². The number of hydrogen-bond acceptors (Lipinski definition) is 4. The molecule has 0 saturated heterocycles. The number of nitrogens with two attached hydrogens (primary N) is 1. The Kier molecular flexibility index (Phi) is 3.11. The first-order valence-electron chi connectivity index (χ1n) is 5.93. The molecule has 0 bridgehead atoms. The SMILES string of the molecule is CC(N)C1(c2ncccc2[N+](=O)[O-])CCCC1. The van der Waals surface area contributed by atoms with Crippen LogP contribution in [0.1, 0.15) is 38.3 Å². The van der Waals surface area contributed by atoms with Crippen molar-refractivity contribution in [3.63, 3.8) is 0 Å². The molecule has 92 valence electrons. The van der Waals surface area contributed by atoms with Crippen LogP contribution in [0.4, 0.5) is 5.69 Å². The van der Waals surface area contributed by atoms with Crippen LogP contribution in [-0.4, -0.2) is 15.9 Å². The van der Waals surface area contributed by atoms with E-state index in [9.17, 15) is 10.1 Å². The molecule has 1 aromatic rings. The van der Waals surface area contributed by atoms with E-state index >= 15 is 0 Å². The third-order valence-corrected chi connectivity index (χ3v) is 3.82. The zero-order valence-corrected chi connectivity index (χ0v) is 9.93. The van der Waals surface area contributed by atoms with Crippen molar-refractivity contribution < 1.29 is 4.92 Å². The molecule has 5 nitrogen and oxygen atoms in total. The highest BCUT2D eigenvalue weighted by Gasteiger charge is 2.44. The minimum absolute atomic E-state index is 0.103. The van der Waals surface area contributed by atoms with Gasteiger partial charge in [0.25, 0.3) is 5.69 Å². The second kappa shape index (κ2) is 4.41. The summed E-state index contributed by atoms with van der Waals surface area (Å²) >= 11 is 0. The summed E-state index contributed by atoms with van der Waals surface area (Å²) < 4.78 is 0. The molecule has 1 atom stereocenters. The average Bonchev–Trinajstić information content (AvgIpc) is 2.79. The van der Waals surface area contributed by atoms with Crippen LogP contribution in [-0.2, 0) is 5.41 Å². The maximum Gasteiger partial charge on any atom is 0.291 e. The van der Waals surface area contributed by atoms with Crippen LogP contribution >= 0.6 is 0 Å². The maximum atomic E-state index is 11.1. The highest BCUT2D eigenvalue weighted by molar-refractivity contribution is 5.41. The van der Waals surface area contributed by atoms with Gasteiger partial charge in [0, 0.05) is 23.7 Å². The smallest absolute Gasteiger partial charge is 0.291 e. The van der Waals surface area contributed by atoms with Crippen molar-refractivity contribution in [2.75, 3.05) is 0 Å². The van der Waals surface area contributed by atoms with Crippen molar-refractivity contribution in [1.82, 2.24) is 4.98 Å². The lowest BCUT2D eigenvalue weighted by Gasteiger charge is -2.31. The van der Waals surface area contributed by atoms with Crippen LogP contribution in [0.2, 0.25) is 0 Å². The van der Waals surface area contributed by atoms with Crippen LogP contribution in [0.3, 0.4) is 0 Å². The van der Waals surface area contributed by atoms with Gasteiger partial charge in [-0.3, -0.25) is 15.1 Å². The Morgan fingerprint density at radius 1 is 1.53 bits per heavy atom. The lowest BCUT2D eigenvalue weighted by molar-refractivity contribution is -0.386. The molecule has 0 spiro atoms. The molecule has 1 unspecified atom stereocenters. The molecule has 0 aliphatic heterocycles. The summed E-state index contributed by atoms with van der Waals surface area (Å²) in [4.78, 5) is 15.0. The summed E-state index contributed by atoms with van der Waals surface area (Å²) in [7, 11) is 0. The van der Waals surface area contributed by atoms with Crippen LogP contribution in [0.25, 0.3) is 0 Å². The molecule has 1 heterocycles. The summed E-state index contributed by atoms with van der Waals surface area (Å²) in [5, 5.41) is 11.1. The third-order valence-electron chi connectivity index (χ3n) is 3.82. The summed E-state index contributed by atoms with van der Waals surface area (Å²) in [6, 6.07) is 3.01. The van der Waals surface area contributed by atoms with E-state index in [4.69, 9.17) is 5.73 Å². The largest absolute Gasteiger partial charge is 0.327 e. The molecule has 1 aliphatic carbocycles. The highest BCUT2D eigenvalue weighted by Crippen LogP contribution is 2.45. The molecule has 1 aliphatic rings. The number of hydrogen-bond donors (Lipinski definition) is 1. The van der Waals surface area contributed by atoms with Gasteiger partial charge < -0.3 is 5.73 Å². The van der Waals surface area contributed by atoms with E-state index in [0.29, 0.717) is 5.69 Å². The zero-order valence-electron chi connectivity index (χ0n) is 9.93. The normalized spacial score (nSPS) is 20.1. The molecule has 1 fully saturated rings. The second-order valence-electron chi connectivity index (χ2n) is 4.78. The van der Waals surface area contributed by atoms with E-state index in [1.54, 1.807) is 12.3 Å². The van der Waals surface area contributed by atoms with E-state index in [2.05, 4.69) is 4.98 Å². The zero-order chi connectivity index (χ0) is 12.5. The number of nitrogens with zero attached hydrogens (tertiary/aromatic N) is 2. The van der Waals surface area contributed by atoms with Gasteiger partial charge in [0.1, 0.15) is 5.69 Å². The third kappa shape index (κ3) is 1.91. The standard InChI is InChI=1S/C12H17N3O2/c1-9(13)12(6-2-3-7-12)11-10(15(16)17)5-4-8-14-11/h4-5,8-9H,2-3,6-7,13H2,1H3. The fourth-order valence-corrected chi connectivity index (χ4v) is 2.84. The molecule has 2 rings (SSSR count). The van der Waals surface area contributed by atoms with Crippen LogP contribution in [0.15, 0.2) is 18.3 Å². The van der Waals surface area contributed by atoms with E-state index in [1.807, 2.05) is 6.92 Å². The summed E-state index contributed by atoms with van der Waals surface area (Å²) in [6.07, 6.45) is 5.53. The van der Waals surface area contributed by atoms with Gasteiger partial charge in [0.15, 0.2) is 0 Å². The van der Waals surface area contributed by atoms with Gasteiger partial charge in [-0.2, -0.15) is 0 Å². The second-order valence-corrected chi connectivity index (χ2v) is 4.78. The molecule has 5 heteroatoms. The molecule has 0 amide bonds. The predicted octanol–water partition coefficient (Wildman–Crippen LogP) is 2.15. The van der Waals surface area contributed by atoms with E-state index in [1.165, 1.54) is 6.07 Å². The lowest BCUT2D eigenvalue weighted by atomic mass is 9.76. The number of nitro groups is 1. The Balaban J connectivity index is 2.54. The fourth-order valence-electron chi connectivity index (χ4n) is 2.84. The average molecular weight is 235 g/mol. The van der Waals surface area contributed by atoms with Crippen molar-refractivity contribution >= 4 is 5.69 Å². The van der Waals surface area contributed by atoms with Gasteiger partial charge in [-0.15, -0.1) is 0 Å². The van der Waals surface area contributed by atoms with E-state index in [0.717, 1.165) is 25.7 Å². The molecule has 0 radical (unpaired) electrons. The first-order chi connectivity index (χ1) is 8.08. The number of pyridine rings is 1. The van der Waals surface area contributed by atoms with Crippen molar-refractivity contribution in [1.29, 1.82) is 0 Å². The molecule has 1 aromatic heterocycles. The van der Waals surface area contributed by atoms with Crippen molar-refractivity contribution in [2.24, 2.45) is 5.73 Å². The summed E-state index contributed by atoms with van der Waals surface area (Å²) in [6.45, 7) is 1.92. The molecular weight excluding hydrogens is 218 g/mol. The summed E-state index contributed by atoms with van der Waals surface area (Å²) in [5.74, 6) is 0. The Morgan fingerprint density at radius 3 is 2.71 bits per heavy atom. The highest BCUT2D eigenvalue weighted by atomic mass is 16.6. The topological polar surface area (TPSA) is 82.0 Å². The van der Waals surface area contributed by atoms with Gasteiger partial charge in [-0.25, -0.2) is 0 Å². The van der Waals surface area contributed by atoms with Crippen LogP contribution in [0.5, 0.6) is 0 Å². The van der Waals surface area contributed by atoms with E-state index < -0.39 is 0 Å². The van der Waals surface area contributed by atoms with Crippen molar-refractivity contribution in [3.8, 4) is 0 Å². The monoisotopic (exact) mass is 235 g/mol. The Bertz CT molecular complexity index is 426. The fraction of sp³-hybridized carbons (Fsp3) is 0.583. The number of rotatable bonds is 3. The Hall–Kier alpha value is -1.49. The van der Waals surface area contributed by atoms with Gasteiger partial charge in [-0.1, -0.05) is 12.8 Å². The first-order valence-corrected chi connectivity index (χ1v) is 5.93. The quantitative estimate of drug-likeness (QED) is 0.642. The maximum absolute atomic E-state index is 11.1. The van der Waals surface area contributed by atoms with Gasteiger partial charge in [0.2, 0.25) is 0 Å². The Labute approximate surface area is 100 Å². The molecule has 2 N–H and O–H groups in total. The molecular formula is C12H17N3O2. The molecule has 1 saturated carbocycles. The van der Waals surface area contributed by atoms with Gasteiger partial charge >= 0.3 is 0 Å². The molecule has 0 aromatic carbocycles. The predicted molar refractivity (Wildman–Crippen MR) is 64.7 cm³/mol. The minimum Gasteiger partial charge on any atom is -0.327 e. The van der Waals surface area contributed by atoms with Crippen LogP contribution in [0, 0.1) is 10.1 Å². The minimum atomic E-state index is -0.356. The lowest BCUT2D eigenvalue weighted by Crippen LogP contribution is -2.42. The first kappa shape index (κ1) is 12.0. The summed E-state index contributed by atoms with van der Waals surface area (Å²) in [5.41, 5.74) is 6.43. The van der Waals surface area contributed by atoms with Gasteiger partial charge in [0.05, 0.1) is 4.92 Å². The van der Waals surface area contributed by atoms with Crippen molar-refractivity contribution in [3.05, 3.63) is 34.1 Å². The number of aromatic nitrogens is 1. The van der Waals surface area contributed by atoms with Gasteiger partial charge in [-0.05, 0) is 25.8 Å². The Morgan fingerprint density at radius 2 is 2.18 bits per heavy atom. The molecule has 17 heavy (non-hydrogen) atoms. The van der Waals surface area contributed by atoms with E-state index in [-0.39, 0.29) is 22.1 Å².